The zero-order valence-electron chi connectivity index (χ0n) is 14.2. The fourth-order valence-electron chi connectivity index (χ4n) is 7.37. The number of fused-ring (bicyclic) bond motifs is 5. The van der Waals surface area contributed by atoms with Gasteiger partial charge in [0.05, 0.1) is 6.26 Å². The molecule has 130 valence electrons. The summed E-state index contributed by atoms with van der Waals surface area (Å²) in [5.74, 6) is 1.51. The molecule has 1 nitrogen and oxygen atoms in total. The van der Waals surface area contributed by atoms with Gasteiger partial charge >= 0.3 is 0 Å². The van der Waals surface area contributed by atoms with E-state index in [0.29, 0.717) is 23.7 Å². The van der Waals surface area contributed by atoms with E-state index in [4.69, 9.17) is 0 Å². The molecule has 4 aliphatic carbocycles. The molecule has 0 spiro atoms. The Morgan fingerprint density at radius 2 is 1.91 bits per heavy atom. The molecule has 0 aromatic carbocycles. The van der Waals surface area contributed by atoms with E-state index in [2.05, 4.69) is 6.92 Å². The fourth-order valence-corrected chi connectivity index (χ4v) is 7.37. The highest BCUT2D eigenvalue weighted by Gasteiger charge is 2.62. The summed E-state index contributed by atoms with van der Waals surface area (Å²) in [4.78, 5) is 0. The first kappa shape index (κ1) is 15.9. The number of aliphatic hydroxyl groups excluding tert-OH is 1. The Bertz CT molecular complexity index is 502. The first-order valence-electron chi connectivity index (χ1n) is 9.61. The Kier molecular flexibility index (Phi) is 3.77. The van der Waals surface area contributed by atoms with Crippen molar-refractivity contribution in [2.45, 2.75) is 77.6 Å². The number of allylic oxidation sites excluding steroid dienone is 1. The smallest absolute Gasteiger partial charge is 0.245 e. The first-order chi connectivity index (χ1) is 11.0. The summed E-state index contributed by atoms with van der Waals surface area (Å²) < 4.78 is 28.9. The Morgan fingerprint density at radius 1 is 1.09 bits per heavy atom. The van der Waals surface area contributed by atoms with E-state index in [1.165, 1.54) is 25.7 Å². The number of hydrogen-bond donors (Lipinski definition) is 1. The van der Waals surface area contributed by atoms with Gasteiger partial charge < -0.3 is 5.11 Å². The van der Waals surface area contributed by atoms with Crippen LogP contribution < -0.4 is 0 Å². The van der Waals surface area contributed by atoms with Crippen LogP contribution in [0.5, 0.6) is 0 Å². The number of alkyl halides is 2. The standard InChI is InChI=1S/C20H30F2O/c1-19-9-2-3-16(19)15-7-6-14-5-4-13(12-23)11-20(14,18(21)22)17(15)8-10-19/h12,14-18,23H,2-11H2,1H3/t14-,15+,16+,17+,19+,20-/m1/s1. The van der Waals surface area contributed by atoms with E-state index in [0.717, 1.165) is 43.9 Å². The molecule has 3 heteroatoms. The third kappa shape index (κ3) is 2.14. The second-order valence-corrected chi connectivity index (χ2v) is 9.15. The summed E-state index contributed by atoms with van der Waals surface area (Å²) in [5, 5.41) is 9.46. The Morgan fingerprint density at radius 3 is 2.65 bits per heavy atom. The highest BCUT2D eigenvalue weighted by molar-refractivity contribution is 5.16. The third-order valence-corrected chi connectivity index (χ3v) is 8.45. The molecule has 0 amide bonds. The lowest BCUT2D eigenvalue weighted by Crippen LogP contribution is -2.56. The molecule has 6 atom stereocenters. The number of hydrogen-bond acceptors (Lipinski definition) is 1. The third-order valence-electron chi connectivity index (χ3n) is 8.45. The molecule has 4 saturated carbocycles. The van der Waals surface area contributed by atoms with Crippen LogP contribution in [0, 0.1) is 34.5 Å². The Hall–Kier alpha value is -0.600. The van der Waals surface area contributed by atoms with E-state index in [9.17, 15) is 13.9 Å². The second kappa shape index (κ2) is 5.46. The first-order valence-corrected chi connectivity index (χ1v) is 9.61. The van der Waals surface area contributed by atoms with Gasteiger partial charge in [0.1, 0.15) is 0 Å². The molecule has 1 N–H and O–H groups in total. The Labute approximate surface area is 138 Å². The minimum Gasteiger partial charge on any atom is -0.516 e. The van der Waals surface area contributed by atoms with Crippen molar-refractivity contribution in [3.05, 3.63) is 11.8 Å². The number of halogens is 2. The van der Waals surface area contributed by atoms with Crippen molar-refractivity contribution in [1.29, 1.82) is 0 Å². The van der Waals surface area contributed by atoms with Gasteiger partial charge in [-0.05, 0) is 92.4 Å². The molecule has 0 aromatic heterocycles. The van der Waals surface area contributed by atoms with Crippen molar-refractivity contribution in [2.24, 2.45) is 34.5 Å². The average Bonchev–Trinajstić information content (AvgIpc) is 2.95. The summed E-state index contributed by atoms with van der Waals surface area (Å²) >= 11 is 0. The van der Waals surface area contributed by atoms with Crippen molar-refractivity contribution in [1.82, 2.24) is 0 Å². The minimum atomic E-state index is -2.25. The molecule has 0 heterocycles. The molecule has 0 saturated heterocycles. The highest BCUT2D eigenvalue weighted by atomic mass is 19.3. The van der Waals surface area contributed by atoms with Gasteiger partial charge in [0, 0.05) is 5.41 Å². The lowest BCUT2D eigenvalue weighted by Gasteiger charge is -2.60. The maximum absolute atomic E-state index is 14.5. The summed E-state index contributed by atoms with van der Waals surface area (Å²) in [6, 6.07) is 0. The quantitative estimate of drug-likeness (QED) is 0.577. The molecule has 0 radical (unpaired) electrons. The lowest BCUT2D eigenvalue weighted by atomic mass is 9.44. The zero-order chi connectivity index (χ0) is 16.2. The molecular weight excluding hydrogens is 294 g/mol. The van der Waals surface area contributed by atoms with Crippen LogP contribution in [0.1, 0.15) is 71.1 Å². The van der Waals surface area contributed by atoms with Crippen molar-refractivity contribution in [3.63, 3.8) is 0 Å². The minimum absolute atomic E-state index is 0.165. The summed E-state index contributed by atoms with van der Waals surface area (Å²) in [7, 11) is 0. The van der Waals surface area contributed by atoms with Gasteiger partial charge in [-0.2, -0.15) is 0 Å². The van der Waals surface area contributed by atoms with Gasteiger partial charge in [0.25, 0.3) is 0 Å². The van der Waals surface area contributed by atoms with Gasteiger partial charge in [0.15, 0.2) is 0 Å². The fraction of sp³-hybridized carbons (Fsp3) is 0.900. The van der Waals surface area contributed by atoms with E-state index >= 15 is 0 Å². The predicted molar refractivity (Wildman–Crippen MR) is 87.4 cm³/mol. The molecule has 4 fully saturated rings. The maximum atomic E-state index is 14.5. The molecular formula is C20H30F2O. The topological polar surface area (TPSA) is 20.2 Å². The van der Waals surface area contributed by atoms with Gasteiger partial charge in [-0.1, -0.05) is 13.3 Å². The van der Waals surface area contributed by atoms with Crippen LogP contribution in [-0.4, -0.2) is 11.5 Å². The lowest BCUT2D eigenvalue weighted by molar-refractivity contribution is -0.173. The van der Waals surface area contributed by atoms with Crippen LogP contribution in [0.2, 0.25) is 0 Å². The number of rotatable bonds is 1. The maximum Gasteiger partial charge on any atom is 0.245 e. The van der Waals surface area contributed by atoms with Crippen LogP contribution in [0.3, 0.4) is 0 Å². The molecule has 4 aliphatic rings. The molecule has 0 bridgehead atoms. The SMILES string of the molecule is C[C@@]12CCC[C@H]1[C@@H]1CC[C@H]3CCC(=CO)C[C@]3(C(F)F)[C@H]1CC2. The largest absolute Gasteiger partial charge is 0.516 e. The predicted octanol–water partition coefficient (Wildman–Crippen LogP) is 6.11. The van der Waals surface area contributed by atoms with Gasteiger partial charge in [-0.15, -0.1) is 0 Å². The van der Waals surface area contributed by atoms with Crippen LogP contribution in [0.15, 0.2) is 11.8 Å². The molecule has 0 aromatic rings. The number of aliphatic hydroxyl groups is 1. The van der Waals surface area contributed by atoms with Crippen molar-refractivity contribution in [3.8, 4) is 0 Å². The molecule has 4 rings (SSSR count). The van der Waals surface area contributed by atoms with Crippen LogP contribution in [0.4, 0.5) is 8.78 Å². The van der Waals surface area contributed by atoms with E-state index < -0.39 is 11.8 Å². The van der Waals surface area contributed by atoms with E-state index in [1.54, 1.807) is 0 Å². The zero-order valence-corrected chi connectivity index (χ0v) is 14.2. The van der Waals surface area contributed by atoms with Crippen molar-refractivity contribution in [2.75, 3.05) is 0 Å². The molecule has 0 aliphatic heterocycles. The van der Waals surface area contributed by atoms with Crippen molar-refractivity contribution >= 4 is 0 Å². The van der Waals surface area contributed by atoms with Gasteiger partial charge in [-0.25, -0.2) is 8.78 Å². The monoisotopic (exact) mass is 324 g/mol. The summed E-state index contributed by atoms with van der Waals surface area (Å²) in [6.07, 6.45) is 9.10. The normalized spacial score (nSPS) is 51.4. The van der Waals surface area contributed by atoms with Crippen LogP contribution in [0.25, 0.3) is 0 Å². The average molecular weight is 324 g/mol. The molecule has 0 unspecified atom stereocenters. The van der Waals surface area contributed by atoms with Crippen molar-refractivity contribution < 1.29 is 13.9 Å². The molecule has 23 heavy (non-hydrogen) atoms. The van der Waals surface area contributed by atoms with Gasteiger partial charge in [0.2, 0.25) is 6.43 Å². The van der Waals surface area contributed by atoms with Gasteiger partial charge in [-0.3, -0.25) is 0 Å². The summed E-state index contributed by atoms with van der Waals surface area (Å²) in [6.45, 7) is 2.42. The van der Waals surface area contributed by atoms with E-state index in [1.807, 2.05) is 0 Å². The van der Waals surface area contributed by atoms with E-state index in [-0.39, 0.29) is 11.8 Å². The van der Waals surface area contributed by atoms with Crippen LogP contribution >= 0.6 is 0 Å². The summed E-state index contributed by atoms with van der Waals surface area (Å²) in [5.41, 5.74) is 0.434. The second-order valence-electron chi connectivity index (χ2n) is 9.15. The highest BCUT2D eigenvalue weighted by Crippen LogP contribution is 2.68. The van der Waals surface area contributed by atoms with Crippen LogP contribution in [-0.2, 0) is 0 Å². The Balaban J connectivity index is 1.72.